The first kappa shape index (κ1) is 20.5. The minimum Gasteiger partial charge on any atom is -0.370 e. The number of rotatable bonds is 7. The molecule has 0 atom stereocenters. The van der Waals surface area contributed by atoms with E-state index >= 15 is 0 Å². The molecule has 0 aliphatic carbocycles. The van der Waals surface area contributed by atoms with Crippen LogP contribution in [-0.2, 0) is 5.41 Å². The fourth-order valence-electron chi connectivity index (χ4n) is 2.50. The summed E-state index contributed by atoms with van der Waals surface area (Å²) < 4.78 is 0. The van der Waals surface area contributed by atoms with E-state index in [0.717, 1.165) is 23.7 Å². The van der Waals surface area contributed by atoms with Gasteiger partial charge in [0.1, 0.15) is 5.82 Å². The zero-order chi connectivity index (χ0) is 19.9. The molecule has 27 heavy (non-hydrogen) atoms. The molecule has 1 heterocycles. The number of carbonyl (C=O) groups excluding carboxylic acids is 1. The summed E-state index contributed by atoms with van der Waals surface area (Å²) in [5.74, 6) is 1.34. The fourth-order valence-corrected chi connectivity index (χ4v) is 2.50. The lowest BCUT2D eigenvalue weighted by Gasteiger charge is -2.19. The lowest BCUT2D eigenvalue weighted by molar-refractivity contribution is 0.252. The number of amides is 2. The van der Waals surface area contributed by atoms with Crippen molar-refractivity contribution in [1.29, 1.82) is 0 Å². The number of urea groups is 1. The normalized spacial score (nSPS) is 11.0. The van der Waals surface area contributed by atoms with Crippen LogP contribution in [0, 0.1) is 6.92 Å². The van der Waals surface area contributed by atoms with E-state index in [0.29, 0.717) is 19.0 Å². The predicted molar refractivity (Wildman–Crippen MR) is 112 cm³/mol. The Labute approximate surface area is 161 Å². The van der Waals surface area contributed by atoms with E-state index in [1.54, 1.807) is 0 Å². The van der Waals surface area contributed by atoms with Crippen LogP contribution in [0.1, 0.15) is 39.0 Å². The standard InChI is InChI=1S/C20H30N6O/c1-6-21-17-13-14(2)24-18(26-17)22-11-12-23-19(27)25-16-9-7-15(8-10-16)20(3,4)5/h7-10,13H,6,11-12H2,1-5H3,(H2,23,25,27)(H2,21,22,24,26). The Balaban J connectivity index is 1.76. The minimum atomic E-state index is -0.237. The predicted octanol–water partition coefficient (Wildman–Crippen LogP) is 3.75. The molecule has 0 saturated carbocycles. The number of anilines is 3. The summed E-state index contributed by atoms with van der Waals surface area (Å²) >= 11 is 0. The van der Waals surface area contributed by atoms with E-state index in [1.165, 1.54) is 5.56 Å². The van der Waals surface area contributed by atoms with Crippen molar-refractivity contribution >= 4 is 23.5 Å². The lowest BCUT2D eigenvalue weighted by Crippen LogP contribution is -2.32. The monoisotopic (exact) mass is 370 g/mol. The van der Waals surface area contributed by atoms with Crippen molar-refractivity contribution in [3.05, 3.63) is 41.6 Å². The maximum absolute atomic E-state index is 12.0. The first-order valence-corrected chi connectivity index (χ1v) is 9.27. The number of aromatic nitrogens is 2. The van der Waals surface area contributed by atoms with Crippen LogP contribution in [0.2, 0.25) is 0 Å². The Hall–Kier alpha value is -2.83. The van der Waals surface area contributed by atoms with E-state index in [1.807, 2.05) is 44.2 Å². The molecule has 1 aromatic carbocycles. The van der Waals surface area contributed by atoms with E-state index in [-0.39, 0.29) is 11.4 Å². The molecule has 0 aliphatic heterocycles. The molecule has 0 fully saturated rings. The van der Waals surface area contributed by atoms with Gasteiger partial charge in [0.15, 0.2) is 0 Å². The second kappa shape index (κ2) is 9.21. The zero-order valence-corrected chi connectivity index (χ0v) is 16.8. The smallest absolute Gasteiger partial charge is 0.319 e. The quantitative estimate of drug-likeness (QED) is 0.557. The van der Waals surface area contributed by atoms with Gasteiger partial charge in [-0.25, -0.2) is 9.78 Å². The highest BCUT2D eigenvalue weighted by Crippen LogP contribution is 2.23. The van der Waals surface area contributed by atoms with Crippen LogP contribution < -0.4 is 21.3 Å². The molecule has 146 valence electrons. The minimum absolute atomic E-state index is 0.0941. The number of nitrogens with zero attached hydrogens (tertiary/aromatic N) is 2. The van der Waals surface area contributed by atoms with E-state index < -0.39 is 0 Å². The van der Waals surface area contributed by atoms with Crippen LogP contribution in [0.4, 0.5) is 22.2 Å². The van der Waals surface area contributed by atoms with Crippen molar-refractivity contribution in [2.75, 3.05) is 35.6 Å². The van der Waals surface area contributed by atoms with Crippen LogP contribution >= 0.6 is 0 Å². The number of carbonyl (C=O) groups is 1. The van der Waals surface area contributed by atoms with Gasteiger partial charge in [-0.05, 0) is 37.0 Å². The number of hydrogen-bond donors (Lipinski definition) is 4. The molecule has 7 heteroatoms. The summed E-state index contributed by atoms with van der Waals surface area (Å²) in [7, 11) is 0. The SMILES string of the molecule is CCNc1cc(C)nc(NCCNC(=O)Nc2ccc(C(C)(C)C)cc2)n1. The molecule has 2 rings (SSSR count). The molecular weight excluding hydrogens is 340 g/mol. The van der Waals surface area contributed by atoms with Gasteiger partial charge in [0.2, 0.25) is 5.95 Å². The highest BCUT2D eigenvalue weighted by Gasteiger charge is 2.13. The maximum Gasteiger partial charge on any atom is 0.319 e. The number of aryl methyl sites for hydroxylation is 1. The Morgan fingerprint density at radius 3 is 2.37 bits per heavy atom. The van der Waals surface area contributed by atoms with Crippen molar-refractivity contribution in [2.24, 2.45) is 0 Å². The summed E-state index contributed by atoms with van der Waals surface area (Å²) in [5, 5.41) is 11.9. The van der Waals surface area contributed by atoms with Crippen LogP contribution in [0.25, 0.3) is 0 Å². The van der Waals surface area contributed by atoms with Gasteiger partial charge in [-0.15, -0.1) is 0 Å². The highest BCUT2D eigenvalue weighted by atomic mass is 16.2. The molecule has 0 spiro atoms. The lowest BCUT2D eigenvalue weighted by atomic mass is 9.87. The number of benzene rings is 1. The molecule has 2 amide bonds. The Bertz CT molecular complexity index is 752. The van der Waals surface area contributed by atoms with Crippen LogP contribution in [0.5, 0.6) is 0 Å². The van der Waals surface area contributed by atoms with Gasteiger partial charge in [0, 0.05) is 37.1 Å². The molecule has 0 aliphatic rings. The zero-order valence-electron chi connectivity index (χ0n) is 16.8. The van der Waals surface area contributed by atoms with Crippen LogP contribution in [0.3, 0.4) is 0 Å². The second-order valence-corrected chi connectivity index (χ2v) is 7.38. The van der Waals surface area contributed by atoms with E-state index in [4.69, 9.17) is 0 Å². The van der Waals surface area contributed by atoms with Gasteiger partial charge in [-0.3, -0.25) is 0 Å². The summed E-state index contributed by atoms with van der Waals surface area (Å²) in [6.45, 7) is 12.2. The van der Waals surface area contributed by atoms with Crippen molar-refractivity contribution in [3.63, 3.8) is 0 Å². The van der Waals surface area contributed by atoms with Gasteiger partial charge in [-0.2, -0.15) is 4.98 Å². The first-order valence-electron chi connectivity index (χ1n) is 9.27. The second-order valence-electron chi connectivity index (χ2n) is 7.38. The van der Waals surface area contributed by atoms with Gasteiger partial charge in [0.05, 0.1) is 0 Å². The molecule has 0 unspecified atom stereocenters. The first-order chi connectivity index (χ1) is 12.8. The van der Waals surface area contributed by atoms with Gasteiger partial charge in [-0.1, -0.05) is 32.9 Å². The van der Waals surface area contributed by atoms with Gasteiger partial charge < -0.3 is 21.3 Å². The third kappa shape index (κ3) is 6.77. The largest absolute Gasteiger partial charge is 0.370 e. The Morgan fingerprint density at radius 2 is 1.74 bits per heavy atom. The Kier molecular flexibility index (Phi) is 6.98. The third-order valence-electron chi connectivity index (χ3n) is 3.91. The molecule has 7 nitrogen and oxygen atoms in total. The number of nitrogens with one attached hydrogen (secondary N) is 4. The molecule has 4 N–H and O–H groups in total. The van der Waals surface area contributed by atoms with Crippen molar-refractivity contribution < 1.29 is 4.79 Å². The molecular formula is C20H30N6O. The van der Waals surface area contributed by atoms with Crippen molar-refractivity contribution in [3.8, 4) is 0 Å². The highest BCUT2D eigenvalue weighted by molar-refractivity contribution is 5.89. The summed E-state index contributed by atoms with van der Waals surface area (Å²) in [5.41, 5.74) is 2.97. The summed E-state index contributed by atoms with van der Waals surface area (Å²) in [6, 6.07) is 9.56. The fraction of sp³-hybridized carbons (Fsp3) is 0.450. The van der Waals surface area contributed by atoms with Crippen LogP contribution in [-0.4, -0.2) is 35.6 Å². The number of hydrogen-bond acceptors (Lipinski definition) is 5. The average Bonchev–Trinajstić information content (AvgIpc) is 2.58. The van der Waals surface area contributed by atoms with Crippen molar-refractivity contribution in [2.45, 2.75) is 40.0 Å². The van der Waals surface area contributed by atoms with Gasteiger partial charge in [0.25, 0.3) is 0 Å². The van der Waals surface area contributed by atoms with Crippen molar-refractivity contribution in [1.82, 2.24) is 15.3 Å². The molecule has 0 saturated heterocycles. The van der Waals surface area contributed by atoms with Crippen LogP contribution in [0.15, 0.2) is 30.3 Å². The molecule has 1 aromatic heterocycles. The van der Waals surface area contributed by atoms with Gasteiger partial charge >= 0.3 is 6.03 Å². The topological polar surface area (TPSA) is 91.0 Å². The Morgan fingerprint density at radius 1 is 1.04 bits per heavy atom. The van der Waals surface area contributed by atoms with E-state index in [2.05, 4.69) is 52.0 Å². The summed E-state index contributed by atoms with van der Waals surface area (Å²) in [4.78, 5) is 20.7. The van der Waals surface area contributed by atoms with E-state index in [9.17, 15) is 4.79 Å². The average molecular weight is 371 g/mol. The maximum atomic E-state index is 12.0. The summed E-state index contributed by atoms with van der Waals surface area (Å²) in [6.07, 6.45) is 0. The molecule has 0 bridgehead atoms. The molecule has 0 radical (unpaired) electrons. The third-order valence-corrected chi connectivity index (χ3v) is 3.91. The molecule has 2 aromatic rings.